The molecule has 0 radical (unpaired) electrons. The Morgan fingerprint density at radius 1 is 1.16 bits per heavy atom. The van der Waals surface area contributed by atoms with Crippen LogP contribution >= 0.6 is 11.6 Å². The number of carbonyl (C=O) groups excluding carboxylic acids is 1. The highest BCUT2D eigenvalue weighted by atomic mass is 35.5. The number of benzene rings is 2. The lowest BCUT2D eigenvalue weighted by Gasteiger charge is -2.29. The predicted octanol–water partition coefficient (Wildman–Crippen LogP) is 3.92. The van der Waals surface area contributed by atoms with Crippen molar-refractivity contribution in [3.8, 4) is 5.75 Å². The molecule has 3 aromatic rings. The number of rotatable bonds is 5. The van der Waals surface area contributed by atoms with Crippen LogP contribution in [0.3, 0.4) is 0 Å². The van der Waals surface area contributed by atoms with Crippen LogP contribution in [0.4, 0.5) is 0 Å². The third-order valence-electron chi connectivity index (χ3n) is 5.65. The van der Waals surface area contributed by atoms with Crippen LogP contribution in [0.25, 0.3) is 0 Å². The number of hydrogen-bond donors (Lipinski definition) is 1. The molecule has 0 saturated heterocycles. The number of carbonyl (C=O) groups is 1. The first kappa shape index (κ1) is 21.7. The molecule has 1 atom stereocenters. The SMILES string of the molecule is COC(=O)C1=C(N)Oc2cc(C)n(CCc3ccccc3)c(=O)c2[C@H]1c1ccc(Cl)cc1. The lowest BCUT2D eigenvalue weighted by molar-refractivity contribution is -0.136. The van der Waals surface area contributed by atoms with Crippen LogP contribution in [0.1, 0.15) is 28.3 Å². The smallest absolute Gasteiger partial charge is 0.340 e. The molecular formula is C25H23ClN2O4. The van der Waals surface area contributed by atoms with E-state index in [0.29, 0.717) is 34.9 Å². The number of halogens is 1. The molecule has 1 aliphatic rings. The summed E-state index contributed by atoms with van der Waals surface area (Å²) in [4.78, 5) is 26.3. The molecule has 164 valence electrons. The number of pyridine rings is 1. The minimum absolute atomic E-state index is 0.0786. The molecule has 0 amide bonds. The fraction of sp³-hybridized carbons (Fsp3) is 0.200. The summed E-state index contributed by atoms with van der Waals surface area (Å²) in [6, 6.07) is 18.7. The molecule has 1 aliphatic heterocycles. The van der Waals surface area contributed by atoms with Crippen molar-refractivity contribution in [3.05, 3.63) is 110 Å². The quantitative estimate of drug-likeness (QED) is 0.595. The largest absolute Gasteiger partial charge is 0.465 e. The Hall–Kier alpha value is -3.51. The molecule has 32 heavy (non-hydrogen) atoms. The summed E-state index contributed by atoms with van der Waals surface area (Å²) in [6.07, 6.45) is 0.689. The number of methoxy groups -OCH3 is 1. The lowest BCUT2D eigenvalue weighted by Crippen LogP contribution is -2.35. The van der Waals surface area contributed by atoms with E-state index in [0.717, 1.165) is 11.3 Å². The molecule has 0 unspecified atom stereocenters. The summed E-state index contributed by atoms with van der Waals surface area (Å²) in [5, 5.41) is 0.543. The Balaban J connectivity index is 1.86. The predicted molar refractivity (Wildman–Crippen MR) is 123 cm³/mol. The van der Waals surface area contributed by atoms with Crippen LogP contribution in [0, 0.1) is 6.92 Å². The summed E-state index contributed by atoms with van der Waals surface area (Å²) in [7, 11) is 1.27. The van der Waals surface area contributed by atoms with E-state index in [9.17, 15) is 9.59 Å². The standard InChI is InChI=1S/C25H23ClN2O4/c1-15-14-19-21(24(29)28(15)13-12-16-6-4-3-5-7-16)20(17-8-10-18(26)11-9-17)22(23(27)32-19)25(30)31-2/h3-11,14,20H,12-13,27H2,1-2H3/t20-/m1/s1. The molecule has 0 aliphatic carbocycles. The Kier molecular flexibility index (Phi) is 6.06. The molecule has 1 aromatic heterocycles. The Labute approximate surface area is 190 Å². The fourth-order valence-corrected chi connectivity index (χ4v) is 4.17. The van der Waals surface area contributed by atoms with Crippen LogP contribution in [0.5, 0.6) is 5.75 Å². The van der Waals surface area contributed by atoms with Crippen molar-refractivity contribution in [2.24, 2.45) is 5.73 Å². The molecule has 0 saturated carbocycles. The van der Waals surface area contributed by atoms with Gasteiger partial charge in [-0.2, -0.15) is 0 Å². The first-order chi connectivity index (χ1) is 15.4. The monoisotopic (exact) mass is 450 g/mol. The number of aromatic nitrogens is 1. The molecule has 0 spiro atoms. The van der Waals surface area contributed by atoms with Crippen molar-refractivity contribution in [3.63, 3.8) is 0 Å². The summed E-state index contributed by atoms with van der Waals surface area (Å²) in [5.74, 6) is -1.12. The molecule has 4 rings (SSSR count). The normalized spacial score (nSPS) is 15.2. The highest BCUT2D eigenvalue weighted by molar-refractivity contribution is 6.30. The van der Waals surface area contributed by atoms with Gasteiger partial charge in [0, 0.05) is 23.3 Å². The minimum Gasteiger partial charge on any atom is -0.465 e. The molecule has 0 fully saturated rings. The van der Waals surface area contributed by atoms with Crippen molar-refractivity contribution in [1.29, 1.82) is 0 Å². The van der Waals surface area contributed by atoms with Gasteiger partial charge in [-0.1, -0.05) is 54.1 Å². The van der Waals surface area contributed by atoms with Crippen LogP contribution < -0.4 is 16.0 Å². The second-order valence-electron chi connectivity index (χ2n) is 7.61. The van der Waals surface area contributed by atoms with Crippen molar-refractivity contribution < 1.29 is 14.3 Å². The van der Waals surface area contributed by atoms with E-state index in [1.54, 1.807) is 34.9 Å². The average molecular weight is 451 g/mol. The molecule has 0 bridgehead atoms. The number of hydrogen-bond acceptors (Lipinski definition) is 5. The Bertz CT molecular complexity index is 1250. The van der Waals surface area contributed by atoms with Gasteiger partial charge in [-0.3, -0.25) is 4.79 Å². The Morgan fingerprint density at radius 3 is 2.50 bits per heavy atom. The van der Waals surface area contributed by atoms with Gasteiger partial charge in [-0.05, 0) is 36.6 Å². The average Bonchev–Trinajstić information content (AvgIpc) is 2.79. The van der Waals surface area contributed by atoms with Crippen LogP contribution in [-0.2, 0) is 22.5 Å². The number of nitrogens with two attached hydrogens (primary N) is 1. The number of aryl methyl sites for hydroxylation is 2. The van der Waals surface area contributed by atoms with Crippen LogP contribution in [0.15, 0.2) is 76.9 Å². The molecule has 2 aromatic carbocycles. The molecule has 2 N–H and O–H groups in total. The summed E-state index contributed by atoms with van der Waals surface area (Å²) >= 11 is 6.06. The van der Waals surface area contributed by atoms with Crippen LogP contribution in [0.2, 0.25) is 5.02 Å². The van der Waals surface area contributed by atoms with E-state index in [4.69, 9.17) is 26.8 Å². The highest BCUT2D eigenvalue weighted by Gasteiger charge is 2.38. The number of nitrogens with zero attached hydrogens (tertiary/aromatic N) is 1. The molecule has 6 nitrogen and oxygen atoms in total. The van der Waals surface area contributed by atoms with Gasteiger partial charge in [0.1, 0.15) is 11.3 Å². The van der Waals surface area contributed by atoms with E-state index in [-0.39, 0.29) is 17.0 Å². The maximum Gasteiger partial charge on any atom is 0.340 e. The molecular weight excluding hydrogens is 428 g/mol. The van der Waals surface area contributed by atoms with Gasteiger partial charge < -0.3 is 19.8 Å². The zero-order chi connectivity index (χ0) is 22.8. The Morgan fingerprint density at radius 2 is 1.84 bits per heavy atom. The maximum atomic E-state index is 13.7. The number of esters is 1. The van der Waals surface area contributed by atoms with Gasteiger partial charge in [-0.15, -0.1) is 0 Å². The van der Waals surface area contributed by atoms with E-state index in [1.165, 1.54) is 7.11 Å². The highest BCUT2D eigenvalue weighted by Crippen LogP contribution is 2.41. The van der Waals surface area contributed by atoms with Gasteiger partial charge in [0.15, 0.2) is 0 Å². The van der Waals surface area contributed by atoms with Gasteiger partial charge in [0.2, 0.25) is 5.88 Å². The van der Waals surface area contributed by atoms with E-state index < -0.39 is 11.9 Å². The second-order valence-corrected chi connectivity index (χ2v) is 8.05. The zero-order valence-corrected chi connectivity index (χ0v) is 18.6. The van der Waals surface area contributed by atoms with Gasteiger partial charge >= 0.3 is 5.97 Å². The summed E-state index contributed by atoms with van der Waals surface area (Å²) in [6.45, 7) is 2.34. The lowest BCUT2D eigenvalue weighted by atomic mass is 9.83. The van der Waals surface area contributed by atoms with Gasteiger partial charge in [0.25, 0.3) is 5.56 Å². The number of ether oxygens (including phenoxy) is 2. The van der Waals surface area contributed by atoms with E-state index in [2.05, 4.69) is 0 Å². The number of fused-ring (bicyclic) bond motifs is 1. The van der Waals surface area contributed by atoms with Gasteiger partial charge in [0.05, 0.1) is 18.6 Å². The minimum atomic E-state index is -0.737. The third-order valence-corrected chi connectivity index (χ3v) is 5.90. The van der Waals surface area contributed by atoms with Crippen molar-refractivity contribution >= 4 is 17.6 Å². The van der Waals surface area contributed by atoms with Crippen molar-refractivity contribution in [2.45, 2.75) is 25.8 Å². The summed E-state index contributed by atoms with van der Waals surface area (Å²) < 4.78 is 12.4. The molecule has 2 heterocycles. The van der Waals surface area contributed by atoms with Crippen molar-refractivity contribution in [2.75, 3.05) is 7.11 Å². The summed E-state index contributed by atoms with van der Waals surface area (Å²) in [5.41, 5.74) is 8.90. The zero-order valence-electron chi connectivity index (χ0n) is 17.8. The fourth-order valence-electron chi connectivity index (χ4n) is 4.05. The second kappa shape index (κ2) is 8.93. The maximum absolute atomic E-state index is 13.7. The van der Waals surface area contributed by atoms with Gasteiger partial charge in [-0.25, -0.2) is 4.79 Å². The topological polar surface area (TPSA) is 83.5 Å². The molecule has 7 heteroatoms. The van der Waals surface area contributed by atoms with Crippen LogP contribution in [-0.4, -0.2) is 17.6 Å². The van der Waals surface area contributed by atoms with Crippen molar-refractivity contribution in [1.82, 2.24) is 4.57 Å². The first-order valence-corrected chi connectivity index (χ1v) is 10.6. The first-order valence-electron chi connectivity index (χ1n) is 10.2. The third kappa shape index (κ3) is 4.01. The van der Waals surface area contributed by atoms with E-state index >= 15 is 0 Å². The van der Waals surface area contributed by atoms with E-state index in [1.807, 2.05) is 37.3 Å².